The Kier molecular flexibility index (Phi) is 6.81. The lowest BCUT2D eigenvalue weighted by atomic mass is 10.2. The second kappa shape index (κ2) is 10.3. The van der Waals surface area contributed by atoms with Gasteiger partial charge in [0.05, 0.1) is 17.1 Å². The number of rotatable bonds is 9. The number of amides is 1. The number of benzene rings is 3. The maximum absolute atomic E-state index is 12.6. The Bertz CT molecular complexity index is 1050. The van der Waals surface area contributed by atoms with Gasteiger partial charge in [-0.05, 0) is 36.4 Å². The standard InChI is InChI=1S/C23H20N4O3S/c28-21(26-27(18-10-4-1-5-11-18)19-12-6-2-7-13-19)17-31-23-25-24-22(30-23)16-29-20-14-8-3-9-15-20/h1-15H,16-17H2,(H,26,28). The van der Waals surface area contributed by atoms with Crippen LogP contribution in [0, 0.1) is 0 Å². The van der Waals surface area contributed by atoms with E-state index in [1.54, 1.807) is 5.01 Å². The second-order valence-electron chi connectivity index (χ2n) is 6.39. The van der Waals surface area contributed by atoms with Crippen molar-refractivity contribution in [2.75, 3.05) is 10.8 Å². The van der Waals surface area contributed by atoms with E-state index in [4.69, 9.17) is 9.15 Å². The number of carbonyl (C=O) groups is 1. The van der Waals surface area contributed by atoms with Crippen LogP contribution in [0.1, 0.15) is 5.89 Å². The second-order valence-corrected chi connectivity index (χ2v) is 7.32. The van der Waals surface area contributed by atoms with Gasteiger partial charge < -0.3 is 9.15 Å². The van der Waals surface area contributed by atoms with E-state index in [0.29, 0.717) is 11.1 Å². The van der Waals surface area contributed by atoms with Crippen LogP contribution in [0.5, 0.6) is 5.75 Å². The van der Waals surface area contributed by atoms with Crippen molar-refractivity contribution in [2.45, 2.75) is 11.8 Å². The Balaban J connectivity index is 1.33. The summed E-state index contributed by atoms with van der Waals surface area (Å²) in [6.45, 7) is 0.166. The smallest absolute Gasteiger partial charge is 0.277 e. The molecule has 0 aliphatic carbocycles. The third kappa shape index (κ3) is 5.86. The predicted molar refractivity (Wildman–Crippen MR) is 119 cm³/mol. The van der Waals surface area contributed by atoms with Crippen molar-refractivity contribution in [3.63, 3.8) is 0 Å². The van der Waals surface area contributed by atoms with Crippen LogP contribution >= 0.6 is 11.8 Å². The number of nitrogens with zero attached hydrogens (tertiary/aromatic N) is 3. The van der Waals surface area contributed by atoms with E-state index in [1.807, 2.05) is 91.0 Å². The van der Waals surface area contributed by atoms with Gasteiger partial charge in [0.15, 0.2) is 6.61 Å². The molecule has 0 atom stereocenters. The van der Waals surface area contributed by atoms with Crippen molar-refractivity contribution in [3.05, 3.63) is 96.9 Å². The van der Waals surface area contributed by atoms with Gasteiger partial charge in [-0.15, -0.1) is 10.2 Å². The summed E-state index contributed by atoms with van der Waals surface area (Å²) in [4.78, 5) is 12.6. The number of thioether (sulfide) groups is 1. The quantitative estimate of drug-likeness (QED) is 0.306. The summed E-state index contributed by atoms with van der Waals surface area (Å²) in [5, 5.41) is 9.99. The van der Waals surface area contributed by atoms with Crippen LogP contribution in [0.2, 0.25) is 0 Å². The van der Waals surface area contributed by atoms with Crippen molar-refractivity contribution >= 4 is 29.0 Å². The first-order valence-electron chi connectivity index (χ1n) is 9.61. The van der Waals surface area contributed by atoms with Crippen molar-refractivity contribution in [3.8, 4) is 5.75 Å². The van der Waals surface area contributed by atoms with E-state index in [-0.39, 0.29) is 18.3 Å². The van der Waals surface area contributed by atoms with Gasteiger partial charge in [-0.3, -0.25) is 15.2 Å². The fraction of sp³-hybridized carbons (Fsp3) is 0.0870. The zero-order valence-electron chi connectivity index (χ0n) is 16.5. The molecule has 4 rings (SSSR count). The Morgan fingerprint density at radius 1 is 0.871 bits per heavy atom. The van der Waals surface area contributed by atoms with Gasteiger partial charge in [0.2, 0.25) is 5.91 Å². The van der Waals surface area contributed by atoms with Crippen LogP contribution in [0.4, 0.5) is 11.4 Å². The molecular formula is C23H20N4O3S. The number of hydrogen-bond donors (Lipinski definition) is 1. The average Bonchev–Trinajstić information content (AvgIpc) is 3.30. The van der Waals surface area contributed by atoms with E-state index in [0.717, 1.165) is 17.1 Å². The van der Waals surface area contributed by atoms with E-state index in [2.05, 4.69) is 15.6 Å². The molecule has 0 bridgehead atoms. The third-order valence-electron chi connectivity index (χ3n) is 4.15. The van der Waals surface area contributed by atoms with Gasteiger partial charge in [-0.25, -0.2) is 0 Å². The molecule has 156 valence electrons. The number of hydrogen-bond acceptors (Lipinski definition) is 7. The Labute approximate surface area is 184 Å². The maximum Gasteiger partial charge on any atom is 0.277 e. The van der Waals surface area contributed by atoms with Crippen molar-refractivity contribution < 1.29 is 13.9 Å². The topological polar surface area (TPSA) is 80.5 Å². The first kappa shape index (κ1) is 20.5. The summed E-state index contributed by atoms with van der Waals surface area (Å²) in [7, 11) is 0. The first-order valence-corrected chi connectivity index (χ1v) is 10.6. The molecule has 31 heavy (non-hydrogen) atoms. The minimum Gasteiger partial charge on any atom is -0.484 e. The molecule has 0 saturated heterocycles. The number of anilines is 2. The zero-order chi connectivity index (χ0) is 21.3. The summed E-state index contributed by atoms with van der Waals surface area (Å²) in [6, 6.07) is 28.6. The molecule has 4 aromatic rings. The van der Waals surface area contributed by atoms with Crippen LogP contribution in [0.25, 0.3) is 0 Å². The van der Waals surface area contributed by atoms with Gasteiger partial charge in [0, 0.05) is 0 Å². The number of carbonyl (C=O) groups excluding carboxylic acids is 1. The van der Waals surface area contributed by atoms with E-state index < -0.39 is 0 Å². The molecule has 0 aliphatic rings. The Morgan fingerprint density at radius 3 is 2.06 bits per heavy atom. The SMILES string of the molecule is O=C(CSc1nnc(COc2ccccc2)o1)NN(c1ccccc1)c1ccccc1. The number of ether oxygens (including phenoxy) is 1. The number of nitrogens with one attached hydrogen (secondary N) is 1. The highest BCUT2D eigenvalue weighted by Gasteiger charge is 2.15. The maximum atomic E-state index is 12.6. The van der Waals surface area contributed by atoms with Crippen LogP contribution in [0.15, 0.2) is 101 Å². The molecule has 1 amide bonds. The molecular weight excluding hydrogens is 412 g/mol. The largest absolute Gasteiger partial charge is 0.484 e. The summed E-state index contributed by atoms with van der Waals surface area (Å²) in [6.07, 6.45) is 0. The van der Waals surface area contributed by atoms with Crippen molar-refractivity contribution in [1.82, 2.24) is 15.6 Å². The molecule has 0 fully saturated rings. The van der Waals surface area contributed by atoms with Crippen LogP contribution in [0.3, 0.4) is 0 Å². The van der Waals surface area contributed by atoms with E-state index in [9.17, 15) is 4.79 Å². The van der Waals surface area contributed by atoms with Crippen LogP contribution < -0.4 is 15.2 Å². The molecule has 0 spiro atoms. The third-order valence-corrected chi connectivity index (χ3v) is 4.96. The predicted octanol–water partition coefficient (Wildman–Crippen LogP) is 4.61. The van der Waals surface area contributed by atoms with Gasteiger partial charge in [-0.1, -0.05) is 66.4 Å². The molecule has 7 nitrogen and oxygen atoms in total. The van der Waals surface area contributed by atoms with Crippen molar-refractivity contribution in [1.29, 1.82) is 0 Å². The lowest BCUT2D eigenvalue weighted by molar-refractivity contribution is -0.118. The van der Waals surface area contributed by atoms with Gasteiger partial charge in [-0.2, -0.15) is 0 Å². The Hall–Kier alpha value is -3.78. The summed E-state index contributed by atoms with van der Waals surface area (Å²) < 4.78 is 11.1. The molecule has 0 saturated carbocycles. The number of hydrazine groups is 1. The summed E-state index contributed by atoms with van der Waals surface area (Å²) in [5.41, 5.74) is 4.64. The fourth-order valence-electron chi connectivity index (χ4n) is 2.73. The lowest BCUT2D eigenvalue weighted by Gasteiger charge is -2.25. The molecule has 1 aromatic heterocycles. The summed E-state index contributed by atoms with van der Waals surface area (Å²) >= 11 is 1.17. The van der Waals surface area contributed by atoms with E-state index in [1.165, 1.54) is 11.8 Å². The number of para-hydroxylation sites is 3. The Morgan fingerprint density at radius 2 is 1.45 bits per heavy atom. The highest BCUT2D eigenvalue weighted by atomic mass is 32.2. The highest BCUT2D eigenvalue weighted by molar-refractivity contribution is 7.99. The molecule has 0 aliphatic heterocycles. The molecule has 8 heteroatoms. The normalized spacial score (nSPS) is 10.5. The van der Waals surface area contributed by atoms with Gasteiger partial charge in [0.25, 0.3) is 11.1 Å². The average molecular weight is 433 g/mol. The molecule has 0 unspecified atom stereocenters. The molecule has 3 aromatic carbocycles. The highest BCUT2D eigenvalue weighted by Crippen LogP contribution is 2.23. The van der Waals surface area contributed by atoms with E-state index >= 15 is 0 Å². The van der Waals surface area contributed by atoms with Gasteiger partial charge >= 0.3 is 0 Å². The van der Waals surface area contributed by atoms with Crippen LogP contribution in [-0.4, -0.2) is 21.9 Å². The monoisotopic (exact) mass is 432 g/mol. The zero-order valence-corrected chi connectivity index (χ0v) is 17.4. The fourth-order valence-corrected chi connectivity index (χ4v) is 3.31. The minimum absolute atomic E-state index is 0.122. The van der Waals surface area contributed by atoms with Crippen molar-refractivity contribution in [2.24, 2.45) is 0 Å². The van der Waals surface area contributed by atoms with Crippen LogP contribution in [-0.2, 0) is 11.4 Å². The van der Waals surface area contributed by atoms with Gasteiger partial charge in [0.1, 0.15) is 5.75 Å². The minimum atomic E-state index is -0.196. The lowest BCUT2D eigenvalue weighted by Crippen LogP contribution is -2.39. The molecule has 0 radical (unpaired) electrons. The molecule has 1 heterocycles. The molecule has 1 N–H and O–H groups in total. The summed E-state index contributed by atoms with van der Waals surface area (Å²) in [5.74, 6) is 0.994. The first-order chi connectivity index (χ1) is 15.3. The number of aromatic nitrogens is 2.